The lowest BCUT2D eigenvalue weighted by Crippen LogP contribution is -2.48. The minimum Gasteiger partial charge on any atom is -0.487 e. The van der Waals surface area contributed by atoms with Gasteiger partial charge in [-0.2, -0.15) is 5.26 Å². The van der Waals surface area contributed by atoms with Gasteiger partial charge in [0.25, 0.3) is 0 Å². The topological polar surface area (TPSA) is 129 Å². The average Bonchev–Trinajstić information content (AvgIpc) is 2.85. The molecule has 3 rings (SSSR count). The van der Waals surface area contributed by atoms with Crippen LogP contribution in [0.3, 0.4) is 0 Å². The maximum atomic E-state index is 13.0. The highest BCUT2D eigenvalue weighted by Crippen LogP contribution is 2.21. The molecule has 3 heterocycles. The first-order valence-corrected chi connectivity index (χ1v) is 11.5. The molecule has 1 saturated heterocycles. The average molecular weight is 495 g/mol. The predicted octanol–water partition coefficient (Wildman–Crippen LogP) is 1.05. The van der Waals surface area contributed by atoms with Crippen LogP contribution < -0.4 is 9.64 Å². The second kappa shape index (κ2) is 12.2. The van der Waals surface area contributed by atoms with Crippen molar-refractivity contribution in [1.82, 2.24) is 19.8 Å². The Morgan fingerprint density at radius 3 is 2.81 bits per heavy atom. The molecule has 0 radical (unpaired) electrons. The fourth-order valence-electron chi connectivity index (χ4n) is 3.76. The molecular weight excluding hydrogens is 464 g/mol. The van der Waals surface area contributed by atoms with E-state index in [0.717, 1.165) is 6.54 Å². The van der Waals surface area contributed by atoms with Crippen LogP contribution in [0.25, 0.3) is 0 Å². The highest BCUT2D eigenvalue weighted by molar-refractivity contribution is 5.93. The van der Waals surface area contributed by atoms with Gasteiger partial charge in [-0.1, -0.05) is 6.07 Å². The number of anilines is 1. The van der Waals surface area contributed by atoms with Gasteiger partial charge in [0, 0.05) is 51.6 Å². The number of carbonyl (C=O) groups excluding carboxylic acids is 3. The number of nitriles is 1. The quantitative estimate of drug-likeness (QED) is 0.445. The Hall–Kier alpha value is -3.88. The van der Waals surface area contributed by atoms with Gasteiger partial charge in [0.2, 0.25) is 11.8 Å². The van der Waals surface area contributed by atoms with Crippen molar-refractivity contribution in [2.45, 2.75) is 26.0 Å². The molecule has 190 valence electrons. The molecule has 2 aromatic rings. The third kappa shape index (κ3) is 6.62. The molecule has 0 unspecified atom stereocenters. The Morgan fingerprint density at radius 2 is 2.14 bits per heavy atom. The molecule has 2 amide bonds. The number of carbonyl (C=O) groups is 3. The van der Waals surface area contributed by atoms with E-state index < -0.39 is 0 Å². The van der Waals surface area contributed by atoms with E-state index in [1.54, 1.807) is 37.3 Å². The fraction of sp³-hybridized carbons (Fsp3) is 0.440. The van der Waals surface area contributed by atoms with Gasteiger partial charge in [0.15, 0.2) is 6.29 Å². The van der Waals surface area contributed by atoms with Crippen molar-refractivity contribution in [1.29, 1.82) is 5.26 Å². The summed E-state index contributed by atoms with van der Waals surface area (Å²) in [7, 11) is 5.00. The highest BCUT2D eigenvalue weighted by Gasteiger charge is 2.23. The molecule has 1 aliphatic heterocycles. The van der Waals surface area contributed by atoms with Crippen LogP contribution >= 0.6 is 0 Å². The zero-order valence-corrected chi connectivity index (χ0v) is 20.9. The van der Waals surface area contributed by atoms with Crippen LogP contribution in [0.1, 0.15) is 34.2 Å². The number of piperazine rings is 1. The second-order valence-electron chi connectivity index (χ2n) is 8.68. The lowest BCUT2D eigenvalue weighted by molar-refractivity contribution is -0.136. The molecule has 11 heteroatoms. The zero-order valence-electron chi connectivity index (χ0n) is 20.9. The standard InChI is InChI=1S/C25H30N6O5/c1-17(16-35-4)36-22-9-20(27-12-19(22)11-26)10-24(33)30(3)23-6-5-18(21(15-32)28-23)13-31-8-7-29(2)14-25(31)34/h5-6,9,12,15,17H,7-8,10,13-14,16H2,1-4H3/t17-/m1/s1. The number of likely N-dealkylation sites (N-methyl/N-ethyl adjacent to an activating group) is 2. The molecule has 0 saturated carbocycles. The van der Waals surface area contributed by atoms with Crippen molar-refractivity contribution >= 4 is 23.9 Å². The number of pyridine rings is 2. The third-order valence-electron chi connectivity index (χ3n) is 5.80. The Bertz CT molecular complexity index is 1160. The van der Waals surface area contributed by atoms with Crippen LogP contribution in [0.15, 0.2) is 24.4 Å². The molecule has 1 atom stereocenters. The summed E-state index contributed by atoms with van der Waals surface area (Å²) < 4.78 is 10.8. The Morgan fingerprint density at radius 1 is 1.36 bits per heavy atom. The highest BCUT2D eigenvalue weighted by atomic mass is 16.5. The first-order valence-electron chi connectivity index (χ1n) is 11.5. The summed E-state index contributed by atoms with van der Waals surface area (Å²) in [5.74, 6) is 0.308. The minimum atomic E-state index is -0.311. The van der Waals surface area contributed by atoms with E-state index in [0.29, 0.717) is 48.8 Å². The summed E-state index contributed by atoms with van der Waals surface area (Å²) in [4.78, 5) is 50.5. The summed E-state index contributed by atoms with van der Waals surface area (Å²) in [6.07, 6.45) is 1.65. The van der Waals surface area contributed by atoms with E-state index >= 15 is 0 Å². The molecule has 0 aromatic carbocycles. The van der Waals surface area contributed by atoms with E-state index in [1.165, 1.54) is 11.1 Å². The predicted molar refractivity (Wildman–Crippen MR) is 131 cm³/mol. The normalized spacial score (nSPS) is 14.8. The summed E-state index contributed by atoms with van der Waals surface area (Å²) in [5.41, 5.74) is 1.48. The van der Waals surface area contributed by atoms with Crippen LogP contribution in [0.5, 0.6) is 5.75 Å². The van der Waals surface area contributed by atoms with Gasteiger partial charge in [0.05, 0.1) is 25.3 Å². The lowest BCUT2D eigenvalue weighted by Gasteiger charge is -2.32. The molecular formula is C25H30N6O5. The van der Waals surface area contributed by atoms with E-state index in [-0.39, 0.29) is 42.1 Å². The number of hydrogen-bond acceptors (Lipinski definition) is 9. The molecule has 0 N–H and O–H groups in total. The molecule has 0 aliphatic carbocycles. The van der Waals surface area contributed by atoms with Crippen LogP contribution in [-0.2, 0) is 27.3 Å². The van der Waals surface area contributed by atoms with Gasteiger partial charge in [-0.15, -0.1) is 0 Å². The monoisotopic (exact) mass is 494 g/mol. The summed E-state index contributed by atoms with van der Waals surface area (Å²) in [6.45, 7) is 4.09. The van der Waals surface area contributed by atoms with Crippen molar-refractivity contribution in [2.75, 3.05) is 52.3 Å². The van der Waals surface area contributed by atoms with Crippen LogP contribution in [0.2, 0.25) is 0 Å². The van der Waals surface area contributed by atoms with Gasteiger partial charge in [0.1, 0.15) is 35.0 Å². The SMILES string of the molecule is COC[C@@H](C)Oc1cc(CC(=O)N(C)c2ccc(CN3CCN(C)CC3=O)c(C=O)n2)ncc1C#N. The van der Waals surface area contributed by atoms with Crippen LogP contribution in [0, 0.1) is 11.3 Å². The maximum Gasteiger partial charge on any atom is 0.237 e. The number of amides is 2. The van der Waals surface area contributed by atoms with Crippen LogP contribution in [-0.4, -0.2) is 91.4 Å². The van der Waals surface area contributed by atoms with Gasteiger partial charge < -0.3 is 14.4 Å². The molecule has 0 spiro atoms. The molecule has 2 aromatic heterocycles. The number of methoxy groups -OCH3 is 1. The smallest absolute Gasteiger partial charge is 0.237 e. The summed E-state index contributed by atoms with van der Waals surface area (Å²) in [5, 5.41) is 9.34. The summed E-state index contributed by atoms with van der Waals surface area (Å²) >= 11 is 0. The Labute approximate surface area is 210 Å². The van der Waals surface area contributed by atoms with Crippen molar-refractivity contribution in [2.24, 2.45) is 0 Å². The number of hydrogen-bond donors (Lipinski definition) is 0. The van der Waals surface area contributed by atoms with E-state index in [2.05, 4.69) is 9.97 Å². The number of nitrogens with zero attached hydrogens (tertiary/aromatic N) is 6. The largest absolute Gasteiger partial charge is 0.487 e. The van der Waals surface area contributed by atoms with Crippen LogP contribution in [0.4, 0.5) is 5.82 Å². The van der Waals surface area contributed by atoms with E-state index in [4.69, 9.17) is 9.47 Å². The minimum absolute atomic E-state index is 0.00755. The van der Waals surface area contributed by atoms with Crippen molar-refractivity contribution in [3.8, 4) is 11.8 Å². The number of aromatic nitrogens is 2. The molecule has 1 aliphatic rings. The maximum absolute atomic E-state index is 13.0. The molecule has 36 heavy (non-hydrogen) atoms. The summed E-state index contributed by atoms with van der Waals surface area (Å²) in [6, 6.07) is 6.96. The van der Waals surface area contributed by atoms with Crippen molar-refractivity contribution in [3.05, 3.63) is 46.9 Å². The van der Waals surface area contributed by atoms with E-state index in [9.17, 15) is 19.6 Å². The molecule has 11 nitrogen and oxygen atoms in total. The van der Waals surface area contributed by atoms with Gasteiger partial charge in [-0.05, 0) is 20.0 Å². The number of aldehydes is 1. The molecule has 1 fully saturated rings. The van der Waals surface area contributed by atoms with Gasteiger partial charge in [-0.3, -0.25) is 29.2 Å². The molecule has 0 bridgehead atoms. The van der Waals surface area contributed by atoms with Gasteiger partial charge >= 0.3 is 0 Å². The first kappa shape index (κ1) is 26.7. The second-order valence-corrected chi connectivity index (χ2v) is 8.68. The van der Waals surface area contributed by atoms with E-state index in [1.807, 2.05) is 24.9 Å². The Kier molecular flexibility index (Phi) is 9.05. The van der Waals surface area contributed by atoms with Crippen molar-refractivity contribution in [3.63, 3.8) is 0 Å². The first-order chi connectivity index (χ1) is 17.2. The Balaban J connectivity index is 1.72. The zero-order chi connectivity index (χ0) is 26.2. The third-order valence-corrected chi connectivity index (χ3v) is 5.80. The fourth-order valence-corrected chi connectivity index (χ4v) is 3.76. The number of rotatable bonds is 10. The van der Waals surface area contributed by atoms with Crippen molar-refractivity contribution < 1.29 is 23.9 Å². The lowest BCUT2D eigenvalue weighted by atomic mass is 10.1. The number of ether oxygens (including phenoxy) is 2. The van der Waals surface area contributed by atoms with Gasteiger partial charge in [-0.25, -0.2) is 4.98 Å².